The van der Waals surface area contributed by atoms with Crippen molar-refractivity contribution in [1.29, 1.82) is 0 Å². The minimum absolute atomic E-state index is 0.163. The van der Waals surface area contributed by atoms with E-state index in [1.165, 1.54) is 6.42 Å². The van der Waals surface area contributed by atoms with Gasteiger partial charge in [0, 0.05) is 13.0 Å². The molecule has 0 unspecified atom stereocenters. The maximum absolute atomic E-state index is 12.3. The highest BCUT2D eigenvalue weighted by Gasteiger charge is 2.16. The summed E-state index contributed by atoms with van der Waals surface area (Å²) in [5.74, 6) is 2.25. The number of carbonyl (C=O) groups excluding carboxylic acids is 1. The molecule has 116 valence electrons. The fourth-order valence-corrected chi connectivity index (χ4v) is 2.76. The van der Waals surface area contributed by atoms with Crippen molar-refractivity contribution in [2.45, 2.75) is 38.8 Å². The van der Waals surface area contributed by atoms with Gasteiger partial charge in [-0.3, -0.25) is 4.79 Å². The number of rotatable bonds is 4. The molecule has 0 fully saturated rings. The number of carbonyl (C=O) groups is 1. The van der Waals surface area contributed by atoms with Crippen LogP contribution >= 0.6 is 0 Å². The van der Waals surface area contributed by atoms with E-state index in [9.17, 15) is 4.79 Å². The van der Waals surface area contributed by atoms with Crippen molar-refractivity contribution >= 4 is 5.91 Å². The minimum atomic E-state index is -0.163. The predicted octanol–water partition coefficient (Wildman–Crippen LogP) is 1.94. The first-order valence-electron chi connectivity index (χ1n) is 7.62. The number of nitrogens with one attached hydrogen (secondary N) is 1. The number of para-hydroxylation sites is 1. The molecule has 1 aliphatic rings. The molecule has 1 aromatic heterocycles. The highest BCUT2D eigenvalue weighted by atomic mass is 16.5. The van der Waals surface area contributed by atoms with Gasteiger partial charge in [-0.2, -0.15) is 0 Å². The van der Waals surface area contributed by atoms with Gasteiger partial charge in [-0.1, -0.05) is 18.6 Å². The zero-order valence-electron chi connectivity index (χ0n) is 12.7. The fourth-order valence-electron chi connectivity index (χ4n) is 2.76. The van der Waals surface area contributed by atoms with Gasteiger partial charge in [-0.15, -0.1) is 10.2 Å². The summed E-state index contributed by atoms with van der Waals surface area (Å²) in [6.07, 6.45) is 4.48. The number of ether oxygens (including phenoxy) is 1. The van der Waals surface area contributed by atoms with Crippen LogP contribution in [0, 0.1) is 0 Å². The van der Waals surface area contributed by atoms with Crippen LogP contribution in [0.2, 0.25) is 0 Å². The lowest BCUT2D eigenvalue weighted by molar-refractivity contribution is 0.0946. The number of fused-ring (bicyclic) bond motifs is 1. The Morgan fingerprint density at radius 3 is 3.00 bits per heavy atom. The molecule has 3 rings (SSSR count). The molecule has 1 aliphatic heterocycles. The third-order valence-corrected chi connectivity index (χ3v) is 3.94. The first-order valence-corrected chi connectivity index (χ1v) is 7.62. The molecule has 22 heavy (non-hydrogen) atoms. The van der Waals surface area contributed by atoms with E-state index in [0.29, 0.717) is 17.9 Å². The second-order valence-corrected chi connectivity index (χ2v) is 5.38. The van der Waals surface area contributed by atoms with Crippen molar-refractivity contribution in [2.24, 2.45) is 0 Å². The molecule has 0 aliphatic carbocycles. The predicted molar refractivity (Wildman–Crippen MR) is 81.7 cm³/mol. The van der Waals surface area contributed by atoms with Crippen molar-refractivity contribution in [2.75, 3.05) is 7.11 Å². The molecule has 6 heteroatoms. The summed E-state index contributed by atoms with van der Waals surface area (Å²) in [7, 11) is 1.56. The van der Waals surface area contributed by atoms with Crippen LogP contribution in [-0.2, 0) is 19.5 Å². The van der Waals surface area contributed by atoms with Crippen LogP contribution in [0.15, 0.2) is 24.3 Å². The van der Waals surface area contributed by atoms with Gasteiger partial charge >= 0.3 is 0 Å². The summed E-state index contributed by atoms with van der Waals surface area (Å²) in [5, 5.41) is 11.4. The van der Waals surface area contributed by atoms with Gasteiger partial charge in [0.2, 0.25) is 0 Å². The molecule has 0 radical (unpaired) electrons. The number of hydrogen-bond donors (Lipinski definition) is 1. The standard InChI is InChI=1S/C16H20N4O2/c1-22-13-8-5-4-7-12(13)16(21)17-11-15-19-18-14-9-3-2-6-10-20(14)15/h4-5,7-8H,2-3,6,9-11H2,1H3,(H,17,21). The van der Waals surface area contributed by atoms with Crippen LogP contribution < -0.4 is 10.1 Å². The van der Waals surface area contributed by atoms with Gasteiger partial charge in [-0.05, 0) is 25.0 Å². The van der Waals surface area contributed by atoms with E-state index in [-0.39, 0.29) is 5.91 Å². The lowest BCUT2D eigenvalue weighted by Crippen LogP contribution is -2.25. The van der Waals surface area contributed by atoms with Gasteiger partial charge in [0.05, 0.1) is 19.2 Å². The average Bonchev–Trinajstić information content (AvgIpc) is 2.79. The normalized spacial score (nSPS) is 14.0. The lowest BCUT2D eigenvalue weighted by Gasteiger charge is -2.10. The Labute approximate surface area is 129 Å². The molecule has 0 bridgehead atoms. The van der Waals surface area contributed by atoms with E-state index in [1.54, 1.807) is 19.2 Å². The van der Waals surface area contributed by atoms with Gasteiger partial charge in [-0.25, -0.2) is 0 Å². The molecule has 2 aromatic rings. The Morgan fingerprint density at radius 2 is 2.14 bits per heavy atom. The maximum atomic E-state index is 12.3. The number of aryl methyl sites for hydroxylation is 1. The van der Waals surface area contributed by atoms with E-state index in [1.807, 2.05) is 12.1 Å². The van der Waals surface area contributed by atoms with Crippen LogP contribution in [0.5, 0.6) is 5.75 Å². The van der Waals surface area contributed by atoms with Crippen LogP contribution in [0.3, 0.4) is 0 Å². The topological polar surface area (TPSA) is 69.0 Å². The average molecular weight is 300 g/mol. The second-order valence-electron chi connectivity index (χ2n) is 5.38. The summed E-state index contributed by atoms with van der Waals surface area (Å²) >= 11 is 0. The van der Waals surface area contributed by atoms with E-state index in [4.69, 9.17) is 4.74 Å². The third-order valence-electron chi connectivity index (χ3n) is 3.94. The van der Waals surface area contributed by atoms with Crippen molar-refractivity contribution in [1.82, 2.24) is 20.1 Å². The molecule has 1 N–H and O–H groups in total. The fraction of sp³-hybridized carbons (Fsp3) is 0.438. The summed E-state index contributed by atoms with van der Waals surface area (Å²) in [6.45, 7) is 1.31. The van der Waals surface area contributed by atoms with Crippen molar-refractivity contribution in [3.05, 3.63) is 41.5 Å². The monoisotopic (exact) mass is 300 g/mol. The van der Waals surface area contributed by atoms with Crippen LogP contribution in [-0.4, -0.2) is 27.8 Å². The molecule has 6 nitrogen and oxygen atoms in total. The van der Waals surface area contributed by atoms with Crippen LogP contribution in [0.25, 0.3) is 0 Å². The minimum Gasteiger partial charge on any atom is -0.496 e. The first-order chi connectivity index (χ1) is 10.8. The Hall–Kier alpha value is -2.37. The molecular weight excluding hydrogens is 280 g/mol. The third kappa shape index (κ3) is 2.95. The molecule has 0 saturated carbocycles. The number of hydrogen-bond acceptors (Lipinski definition) is 4. The van der Waals surface area contributed by atoms with E-state index >= 15 is 0 Å². The van der Waals surface area contributed by atoms with Gasteiger partial charge in [0.25, 0.3) is 5.91 Å². The Bertz CT molecular complexity index is 666. The van der Waals surface area contributed by atoms with Gasteiger partial charge in [0.1, 0.15) is 11.6 Å². The Morgan fingerprint density at radius 1 is 1.27 bits per heavy atom. The van der Waals surface area contributed by atoms with Crippen molar-refractivity contribution < 1.29 is 9.53 Å². The van der Waals surface area contributed by atoms with Gasteiger partial charge < -0.3 is 14.6 Å². The number of amides is 1. The van der Waals surface area contributed by atoms with E-state index in [0.717, 1.165) is 37.5 Å². The highest BCUT2D eigenvalue weighted by Crippen LogP contribution is 2.17. The molecule has 0 atom stereocenters. The molecule has 0 saturated heterocycles. The van der Waals surface area contributed by atoms with Gasteiger partial charge in [0.15, 0.2) is 5.82 Å². The number of nitrogens with zero attached hydrogens (tertiary/aromatic N) is 3. The number of benzene rings is 1. The largest absolute Gasteiger partial charge is 0.496 e. The van der Waals surface area contributed by atoms with Crippen molar-refractivity contribution in [3.8, 4) is 5.75 Å². The van der Waals surface area contributed by atoms with E-state index < -0.39 is 0 Å². The first kappa shape index (κ1) is 14.6. The molecular formula is C16H20N4O2. The SMILES string of the molecule is COc1ccccc1C(=O)NCc1nnc2n1CCCCC2. The molecule has 1 amide bonds. The number of methoxy groups -OCH3 is 1. The van der Waals surface area contributed by atoms with Crippen molar-refractivity contribution in [3.63, 3.8) is 0 Å². The van der Waals surface area contributed by atoms with E-state index in [2.05, 4.69) is 20.1 Å². The Balaban J connectivity index is 1.70. The smallest absolute Gasteiger partial charge is 0.255 e. The second kappa shape index (κ2) is 6.60. The Kier molecular flexibility index (Phi) is 4.37. The van der Waals surface area contributed by atoms with Crippen LogP contribution in [0.4, 0.5) is 0 Å². The van der Waals surface area contributed by atoms with Crippen LogP contribution in [0.1, 0.15) is 41.3 Å². The zero-order valence-corrected chi connectivity index (χ0v) is 12.7. The molecule has 2 heterocycles. The summed E-state index contributed by atoms with van der Waals surface area (Å²) in [4.78, 5) is 12.3. The molecule has 0 spiro atoms. The quantitative estimate of drug-likeness (QED) is 0.937. The highest BCUT2D eigenvalue weighted by molar-refractivity contribution is 5.96. The maximum Gasteiger partial charge on any atom is 0.255 e. The molecule has 1 aromatic carbocycles. The summed E-state index contributed by atoms with van der Waals surface area (Å²) in [5.41, 5.74) is 0.528. The summed E-state index contributed by atoms with van der Waals surface area (Å²) < 4.78 is 7.35. The zero-order chi connectivity index (χ0) is 15.4. The lowest BCUT2D eigenvalue weighted by atomic mass is 10.2. The number of aromatic nitrogens is 3. The summed E-state index contributed by atoms with van der Waals surface area (Å²) in [6, 6.07) is 7.19.